The monoisotopic (exact) mass is 445 g/mol. The van der Waals surface area contributed by atoms with Crippen molar-refractivity contribution in [1.82, 2.24) is 10.9 Å². The molecule has 9 heteroatoms. The van der Waals surface area contributed by atoms with Gasteiger partial charge in [0.25, 0.3) is 11.8 Å². The van der Waals surface area contributed by atoms with Crippen molar-refractivity contribution in [2.24, 2.45) is 0 Å². The maximum absolute atomic E-state index is 12.0. The number of esters is 1. The second-order valence-corrected chi connectivity index (χ2v) is 7.27. The summed E-state index contributed by atoms with van der Waals surface area (Å²) in [5.41, 5.74) is 7.24. The number of benzene rings is 2. The third-order valence-corrected chi connectivity index (χ3v) is 4.58. The zero-order valence-electron chi connectivity index (χ0n) is 17.3. The quantitative estimate of drug-likeness (QED) is 0.427. The Morgan fingerprint density at radius 3 is 2.42 bits per heavy atom. The summed E-state index contributed by atoms with van der Waals surface area (Å²) in [5, 5.41) is 3.05. The summed E-state index contributed by atoms with van der Waals surface area (Å²) < 4.78 is 4.84. The topological polar surface area (TPSA) is 114 Å². The Morgan fingerprint density at radius 2 is 1.68 bits per heavy atom. The molecular weight excluding hydrogens is 422 g/mol. The van der Waals surface area contributed by atoms with Crippen molar-refractivity contribution in [3.8, 4) is 0 Å². The van der Waals surface area contributed by atoms with Crippen molar-refractivity contribution in [3.05, 3.63) is 64.2 Å². The highest BCUT2D eigenvalue weighted by Crippen LogP contribution is 2.17. The highest BCUT2D eigenvalue weighted by molar-refractivity contribution is 6.33. The van der Waals surface area contributed by atoms with Crippen molar-refractivity contribution in [3.63, 3.8) is 0 Å². The van der Waals surface area contributed by atoms with E-state index in [1.165, 1.54) is 6.07 Å². The van der Waals surface area contributed by atoms with E-state index in [2.05, 4.69) is 16.2 Å². The zero-order valence-corrected chi connectivity index (χ0v) is 18.0. The molecule has 0 aliphatic rings. The highest BCUT2D eigenvalue weighted by Gasteiger charge is 2.13. The lowest BCUT2D eigenvalue weighted by Crippen LogP contribution is -2.43. The Kier molecular flexibility index (Phi) is 9.02. The van der Waals surface area contributed by atoms with Gasteiger partial charge in [-0.25, -0.2) is 0 Å². The molecule has 2 aromatic carbocycles. The molecule has 0 heterocycles. The van der Waals surface area contributed by atoms with Gasteiger partial charge in [0.2, 0.25) is 5.91 Å². The fourth-order valence-electron chi connectivity index (χ4n) is 2.57. The molecular formula is C22H24ClN3O5. The van der Waals surface area contributed by atoms with Gasteiger partial charge in [0.05, 0.1) is 10.6 Å². The Balaban J connectivity index is 1.63. The lowest BCUT2D eigenvalue weighted by Gasteiger charge is -2.10. The summed E-state index contributed by atoms with van der Waals surface area (Å²) in [4.78, 5) is 47.4. The van der Waals surface area contributed by atoms with Crippen molar-refractivity contribution in [1.29, 1.82) is 0 Å². The van der Waals surface area contributed by atoms with Crippen LogP contribution in [0.25, 0.3) is 0 Å². The van der Waals surface area contributed by atoms with Crippen LogP contribution in [0.2, 0.25) is 5.02 Å². The van der Waals surface area contributed by atoms with Crippen molar-refractivity contribution < 1.29 is 23.9 Å². The van der Waals surface area contributed by atoms with Gasteiger partial charge in [-0.3, -0.25) is 30.0 Å². The van der Waals surface area contributed by atoms with Crippen LogP contribution in [0, 0.1) is 13.8 Å². The van der Waals surface area contributed by atoms with E-state index in [0.29, 0.717) is 0 Å². The van der Waals surface area contributed by atoms with E-state index in [0.717, 1.165) is 16.8 Å². The van der Waals surface area contributed by atoms with E-state index in [1.54, 1.807) is 18.2 Å². The van der Waals surface area contributed by atoms with Crippen LogP contribution < -0.4 is 16.2 Å². The lowest BCUT2D eigenvalue weighted by atomic mass is 10.1. The maximum Gasteiger partial charge on any atom is 0.306 e. The minimum absolute atomic E-state index is 0.0144. The van der Waals surface area contributed by atoms with E-state index in [1.807, 2.05) is 32.0 Å². The second kappa shape index (κ2) is 11.7. The first kappa shape index (κ1) is 23.9. The van der Waals surface area contributed by atoms with E-state index in [4.69, 9.17) is 16.3 Å². The molecule has 31 heavy (non-hydrogen) atoms. The number of carbonyl (C=O) groups excluding carboxylic acids is 4. The van der Waals surface area contributed by atoms with Gasteiger partial charge < -0.3 is 10.1 Å². The molecule has 0 saturated heterocycles. The molecule has 3 amide bonds. The van der Waals surface area contributed by atoms with Gasteiger partial charge in [-0.1, -0.05) is 35.9 Å². The Morgan fingerprint density at radius 1 is 0.935 bits per heavy atom. The summed E-state index contributed by atoms with van der Waals surface area (Å²) in [7, 11) is 0. The van der Waals surface area contributed by atoms with Gasteiger partial charge in [-0.05, 0) is 49.6 Å². The van der Waals surface area contributed by atoms with Gasteiger partial charge in [0, 0.05) is 18.5 Å². The molecule has 0 aromatic heterocycles. The molecule has 0 fully saturated rings. The standard InChI is InChI=1S/C22H24ClN3O5/c1-14-10-11-15(2)18(12-14)24-19(27)8-5-9-21(29)31-13-20(28)25-26-22(30)16-6-3-4-7-17(16)23/h3-4,6-7,10-12H,5,8-9,13H2,1-2H3,(H,24,27)(H,25,28)(H,26,30). The van der Waals surface area contributed by atoms with Crippen LogP contribution in [0.15, 0.2) is 42.5 Å². The summed E-state index contributed by atoms with van der Waals surface area (Å²) in [6, 6.07) is 12.1. The maximum atomic E-state index is 12.0. The van der Waals surface area contributed by atoms with Crippen LogP contribution in [0.1, 0.15) is 40.7 Å². The predicted molar refractivity (Wildman–Crippen MR) is 116 cm³/mol. The second-order valence-electron chi connectivity index (χ2n) is 6.86. The van der Waals surface area contributed by atoms with E-state index in [-0.39, 0.29) is 35.8 Å². The number of carbonyl (C=O) groups is 4. The lowest BCUT2D eigenvalue weighted by molar-refractivity contribution is -0.148. The van der Waals surface area contributed by atoms with E-state index in [9.17, 15) is 19.2 Å². The zero-order chi connectivity index (χ0) is 22.8. The van der Waals surface area contributed by atoms with Crippen LogP contribution in [-0.4, -0.2) is 30.3 Å². The van der Waals surface area contributed by atoms with Crippen LogP contribution >= 0.6 is 11.6 Å². The summed E-state index contributed by atoms with van der Waals surface area (Å²) in [6.07, 6.45) is 0.405. The van der Waals surface area contributed by atoms with Crippen molar-refractivity contribution in [2.75, 3.05) is 11.9 Å². The molecule has 0 atom stereocenters. The Bertz CT molecular complexity index is 977. The van der Waals surface area contributed by atoms with Crippen LogP contribution in [0.4, 0.5) is 5.69 Å². The van der Waals surface area contributed by atoms with Crippen LogP contribution in [-0.2, 0) is 19.1 Å². The van der Waals surface area contributed by atoms with Crippen LogP contribution in [0.3, 0.4) is 0 Å². The molecule has 0 spiro atoms. The SMILES string of the molecule is Cc1ccc(C)c(NC(=O)CCCC(=O)OCC(=O)NNC(=O)c2ccccc2Cl)c1. The average molecular weight is 446 g/mol. The number of amides is 3. The third kappa shape index (κ3) is 8.10. The molecule has 2 rings (SSSR count). The largest absolute Gasteiger partial charge is 0.455 e. The Hall–Kier alpha value is -3.39. The number of hydrazine groups is 1. The molecule has 0 saturated carbocycles. The molecule has 0 aliphatic heterocycles. The molecule has 3 N–H and O–H groups in total. The van der Waals surface area contributed by atoms with E-state index >= 15 is 0 Å². The van der Waals surface area contributed by atoms with Gasteiger partial charge in [-0.2, -0.15) is 0 Å². The van der Waals surface area contributed by atoms with E-state index < -0.39 is 24.4 Å². The molecule has 0 aliphatic carbocycles. The van der Waals surface area contributed by atoms with Gasteiger partial charge >= 0.3 is 5.97 Å². The average Bonchev–Trinajstić information content (AvgIpc) is 2.73. The molecule has 0 bridgehead atoms. The minimum atomic E-state index is -0.707. The number of ether oxygens (including phenoxy) is 1. The molecule has 8 nitrogen and oxygen atoms in total. The smallest absolute Gasteiger partial charge is 0.306 e. The minimum Gasteiger partial charge on any atom is -0.455 e. The highest BCUT2D eigenvalue weighted by atomic mass is 35.5. The molecule has 2 aromatic rings. The van der Waals surface area contributed by atoms with Crippen LogP contribution in [0.5, 0.6) is 0 Å². The number of halogens is 1. The Labute approximate surface area is 185 Å². The number of rotatable bonds is 8. The predicted octanol–water partition coefficient (Wildman–Crippen LogP) is 3.07. The van der Waals surface area contributed by atoms with Crippen molar-refractivity contribution >= 4 is 41.0 Å². The summed E-state index contributed by atoms with van der Waals surface area (Å²) >= 11 is 5.90. The van der Waals surface area contributed by atoms with Gasteiger partial charge in [-0.15, -0.1) is 0 Å². The number of aryl methyl sites for hydroxylation is 2. The van der Waals surface area contributed by atoms with Gasteiger partial charge in [0.1, 0.15) is 0 Å². The number of nitrogens with one attached hydrogen (secondary N) is 3. The first-order chi connectivity index (χ1) is 14.8. The fraction of sp³-hybridized carbons (Fsp3) is 0.273. The summed E-state index contributed by atoms with van der Waals surface area (Å²) in [5.74, 6) is -2.13. The molecule has 0 radical (unpaired) electrons. The number of hydrogen-bond acceptors (Lipinski definition) is 5. The van der Waals surface area contributed by atoms with Crippen molar-refractivity contribution in [2.45, 2.75) is 33.1 Å². The number of anilines is 1. The normalized spacial score (nSPS) is 10.2. The first-order valence-electron chi connectivity index (χ1n) is 9.62. The van der Waals surface area contributed by atoms with Gasteiger partial charge in [0.15, 0.2) is 6.61 Å². The first-order valence-corrected chi connectivity index (χ1v) is 10.0. The third-order valence-electron chi connectivity index (χ3n) is 4.25. The molecule has 164 valence electrons. The molecule has 0 unspecified atom stereocenters. The summed E-state index contributed by atoms with van der Waals surface area (Å²) in [6.45, 7) is 3.27. The fourth-order valence-corrected chi connectivity index (χ4v) is 2.79. The number of hydrogen-bond donors (Lipinski definition) is 3.